The van der Waals surface area contributed by atoms with E-state index in [0.29, 0.717) is 17.1 Å². The van der Waals surface area contributed by atoms with Gasteiger partial charge in [0.2, 0.25) is 0 Å². The number of fused-ring (bicyclic) bond motifs is 6. The fourth-order valence-electron chi connectivity index (χ4n) is 8.66. The molecule has 0 amide bonds. The second-order valence-electron chi connectivity index (χ2n) is 14.8. The summed E-state index contributed by atoms with van der Waals surface area (Å²) < 4.78 is 4.64. The molecule has 8 aromatic carbocycles. The van der Waals surface area contributed by atoms with Gasteiger partial charge in [-0.2, -0.15) is 5.26 Å². The van der Waals surface area contributed by atoms with Gasteiger partial charge in [0.05, 0.1) is 63.0 Å². The molecule has 0 spiro atoms. The highest BCUT2D eigenvalue weighted by Gasteiger charge is 2.22. The van der Waals surface area contributed by atoms with Gasteiger partial charge in [-0.15, -0.1) is 0 Å². The van der Waals surface area contributed by atoms with Crippen LogP contribution in [-0.4, -0.2) is 19.1 Å². The molecule has 0 aliphatic carbocycles. The zero-order chi connectivity index (χ0) is 40.2. The molecule has 0 saturated carbocycles. The molecule has 6 nitrogen and oxygen atoms in total. The highest BCUT2D eigenvalue weighted by Crippen LogP contribution is 2.43. The minimum absolute atomic E-state index is 0.601. The van der Waals surface area contributed by atoms with Gasteiger partial charge in [-0.25, -0.2) is 14.8 Å². The van der Waals surface area contributed by atoms with E-state index in [1.807, 2.05) is 72.8 Å². The zero-order valence-electron chi connectivity index (χ0n) is 32.2. The zero-order valence-corrected chi connectivity index (χ0v) is 32.2. The molecule has 60 heavy (non-hydrogen) atoms. The van der Waals surface area contributed by atoms with Crippen molar-refractivity contribution in [3.05, 3.63) is 211 Å². The monoisotopic (exact) mass is 764 g/mol. The highest BCUT2D eigenvalue weighted by molar-refractivity contribution is 6.12. The Kier molecular flexibility index (Phi) is 8.15. The molecular weight excluding hydrogens is 733 g/mol. The minimum atomic E-state index is 0.601. The van der Waals surface area contributed by atoms with Gasteiger partial charge in [-0.1, -0.05) is 127 Å². The Balaban J connectivity index is 1.23. The Hall–Kier alpha value is -8.58. The molecule has 11 rings (SSSR count). The van der Waals surface area contributed by atoms with Gasteiger partial charge in [0.15, 0.2) is 11.5 Å². The number of nitrogens with zero attached hydrogens (tertiary/aromatic N) is 6. The first kappa shape index (κ1) is 34.7. The minimum Gasteiger partial charge on any atom is -0.309 e. The summed E-state index contributed by atoms with van der Waals surface area (Å²) in [5.74, 6) is 0.651. The molecule has 0 atom stereocenters. The molecule has 0 saturated heterocycles. The number of rotatable bonds is 6. The molecule has 278 valence electrons. The third kappa shape index (κ3) is 5.63. The van der Waals surface area contributed by atoms with E-state index in [2.05, 4.69) is 141 Å². The SMILES string of the molecule is [C-]#[N+]c1ccc2c(c1)c1ccccc1n2-c1ccc(-c2cc(-c3ccccc3)nc(-c3ccccc3)n2)cc1-c1ccccc1-n1c2ccccc2c2cc(C#N)ccc21. The van der Waals surface area contributed by atoms with Crippen LogP contribution in [0.4, 0.5) is 5.69 Å². The van der Waals surface area contributed by atoms with E-state index in [1.165, 1.54) is 0 Å². The Bertz CT molecular complexity index is 3510. The van der Waals surface area contributed by atoms with Crippen LogP contribution < -0.4 is 0 Å². The Morgan fingerprint density at radius 2 is 0.983 bits per heavy atom. The third-order valence-electron chi connectivity index (χ3n) is 11.4. The van der Waals surface area contributed by atoms with Gasteiger partial charge in [-0.3, -0.25) is 0 Å². The molecule has 3 heterocycles. The van der Waals surface area contributed by atoms with E-state index in [0.717, 1.165) is 94.2 Å². The first-order valence-corrected chi connectivity index (χ1v) is 19.8. The first-order chi connectivity index (χ1) is 29.7. The molecule has 0 aliphatic rings. The van der Waals surface area contributed by atoms with Crippen LogP contribution in [0.25, 0.3) is 105 Å². The smallest absolute Gasteiger partial charge is 0.188 e. The van der Waals surface area contributed by atoms with E-state index in [1.54, 1.807) is 0 Å². The van der Waals surface area contributed by atoms with Crippen LogP contribution in [0.15, 0.2) is 194 Å². The van der Waals surface area contributed by atoms with E-state index < -0.39 is 0 Å². The van der Waals surface area contributed by atoms with Crippen molar-refractivity contribution in [2.24, 2.45) is 0 Å². The first-order valence-electron chi connectivity index (χ1n) is 19.8. The average Bonchev–Trinajstić information content (AvgIpc) is 3.83. The van der Waals surface area contributed by atoms with Gasteiger partial charge in [0.1, 0.15) is 0 Å². The topological polar surface area (TPSA) is 63.8 Å². The predicted octanol–water partition coefficient (Wildman–Crippen LogP) is 13.8. The molecule has 0 radical (unpaired) electrons. The van der Waals surface area contributed by atoms with Crippen molar-refractivity contribution in [1.82, 2.24) is 19.1 Å². The Morgan fingerprint density at radius 1 is 0.433 bits per heavy atom. The van der Waals surface area contributed by atoms with Gasteiger partial charge in [-0.05, 0) is 72.1 Å². The lowest BCUT2D eigenvalue weighted by molar-refractivity contribution is 1.16. The summed E-state index contributed by atoms with van der Waals surface area (Å²) >= 11 is 0. The Morgan fingerprint density at radius 3 is 1.67 bits per heavy atom. The fourth-order valence-corrected chi connectivity index (χ4v) is 8.66. The summed E-state index contributed by atoms with van der Waals surface area (Å²) in [4.78, 5) is 14.1. The Labute approximate surface area is 346 Å². The van der Waals surface area contributed by atoms with Crippen LogP contribution in [-0.2, 0) is 0 Å². The van der Waals surface area contributed by atoms with E-state index in [4.69, 9.17) is 16.5 Å². The molecule has 11 aromatic rings. The highest BCUT2D eigenvalue weighted by atomic mass is 15.0. The molecule has 0 bridgehead atoms. The van der Waals surface area contributed by atoms with Crippen LogP contribution in [0.2, 0.25) is 0 Å². The lowest BCUT2D eigenvalue weighted by Gasteiger charge is -2.20. The predicted molar refractivity (Wildman–Crippen MR) is 243 cm³/mol. The lowest BCUT2D eigenvalue weighted by Crippen LogP contribution is -2.02. The molecule has 3 aromatic heterocycles. The molecule has 0 unspecified atom stereocenters. The normalized spacial score (nSPS) is 11.3. The standard InChI is InChI=1S/C54H32N6/c1-56-39-26-29-53-45(32-39)42-20-10-13-23-50(42)60(53)52-28-25-38(47-33-46(36-14-4-2-5-15-36)57-54(58-47)37-16-6-3-7-17-37)31-44(52)41-19-9-12-22-49(41)59-48-21-11-8-18-40(48)43-30-35(34-55)24-27-51(43)59/h2-33H. The largest absolute Gasteiger partial charge is 0.309 e. The molecule has 0 fully saturated rings. The average molecular weight is 765 g/mol. The quantitative estimate of drug-likeness (QED) is 0.158. The number of nitriles is 1. The van der Waals surface area contributed by atoms with Crippen molar-refractivity contribution in [3.63, 3.8) is 0 Å². The van der Waals surface area contributed by atoms with Crippen molar-refractivity contribution >= 4 is 49.3 Å². The number of hydrogen-bond donors (Lipinski definition) is 0. The summed E-state index contributed by atoms with van der Waals surface area (Å²) in [5, 5.41) is 14.1. The van der Waals surface area contributed by atoms with Crippen LogP contribution in [0.5, 0.6) is 0 Å². The van der Waals surface area contributed by atoms with Gasteiger partial charge in [0, 0.05) is 44.0 Å². The summed E-state index contributed by atoms with van der Waals surface area (Å²) in [5.41, 5.74) is 13.9. The molecule has 0 N–H and O–H groups in total. The summed E-state index contributed by atoms with van der Waals surface area (Å²) in [7, 11) is 0. The summed E-state index contributed by atoms with van der Waals surface area (Å²) in [6.45, 7) is 7.81. The molecule has 6 heteroatoms. The van der Waals surface area contributed by atoms with E-state index in [-0.39, 0.29) is 0 Å². The second-order valence-corrected chi connectivity index (χ2v) is 14.8. The molecule has 0 aliphatic heterocycles. The molecular formula is C54H32N6. The maximum Gasteiger partial charge on any atom is 0.188 e. The van der Waals surface area contributed by atoms with Crippen molar-refractivity contribution < 1.29 is 0 Å². The van der Waals surface area contributed by atoms with Gasteiger partial charge >= 0.3 is 0 Å². The van der Waals surface area contributed by atoms with Crippen LogP contribution in [0.3, 0.4) is 0 Å². The summed E-state index contributed by atoms with van der Waals surface area (Å²) in [6.07, 6.45) is 0. The second kappa shape index (κ2) is 14.1. The van der Waals surface area contributed by atoms with E-state index >= 15 is 0 Å². The van der Waals surface area contributed by atoms with Crippen molar-refractivity contribution in [2.75, 3.05) is 0 Å². The maximum absolute atomic E-state index is 9.89. The number of aromatic nitrogens is 4. The number of hydrogen-bond acceptors (Lipinski definition) is 3. The van der Waals surface area contributed by atoms with Gasteiger partial charge < -0.3 is 9.13 Å². The van der Waals surface area contributed by atoms with Crippen molar-refractivity contribution in [2.45, 2.75) is 0 Å². The third-order valence-corrected chi connectivity index (χ3v) is 11.4. The number of benzene rings is 8. The van der Waals surface area contributed by atoms with E-state index in [9.17, 15) is 5.26 Å². The fraction of sp³-hybridized carbons (Fsp3) is 0. The van der Waals surface area contributed by atoms with Crippen LogP contribution >= 0.6 is 0 Å². The number of para-hydroxylation sites is 3. The van der Waals surface area contributed by atoms with Crippen molar-refractivity contribution in [1.29, 1.82) is 5.26 Å². The van der Waals surface area contributed by atoms with Gasteiger partial charge in [0.25, 0.3) is 0 Å². The van der Waals surface area contributed by atoms with Crippen molar-refractivity contribution in [3.8, 4) is 62.5 Å². The lowest BCUT2D eigenvalue weighted by atomic mass is 9.96. The van der Waals surface area contributed by atoms with Crippen LogP contribution in [0.1, 0.15) is 5.56 Å². The summed E-state index contributed by atoms with van der Waals surface area (Å²) in [6, 6.07) is 68.7. The maximum atomic E-state index is 9.89. The van der Waals surface area contributed by atoms with Crippen LogP contribution in [0, 0.1) is 17.9 Å².